The number of nitrogens with zero attached hydrogens (tertiary/aromatic N) is 1. The van der Waals surface area contributed by atoms with E-state index >= 15 is 0 Å². The molecule has 1 N–H and O–H groups in total. The predicted octanol–water partition coefficient (Wildman–Crippen LogP) is 3.32. The van der Waals surface area contributed by atoms with Crippen molar-refractivity contribution < 1.29 is 19.1 Å². The Bertz CT molecular complexity index is 835. The van der Waals surface area contributed by atoms with Gasteiger partial charge in [0.1, 0.15) is 11.5 Å². The number of rotatable bonds is 6. The molecular weight excluding hydrogens is 356 g/mol. The van der Waals surface area contributed by atoms with E-state index in [1.165, 1.54) is 0 Å². The van der Waals surface area contributed by atoms with E-state index < -0.39 is 6.04 Å². The van der Waals surface area contributed by atoms with Gasteiger partial charge in [-0.05, 0) is 43.7 Å². The Morgan fingerprint density at radius 2 is 1.82 bits per heavy atom. The molecular formula is C22H26N2O4. The first-order chi connectivity index (χ1) is 13.6. The van der Waals surface area contributed by atoms with Gasteiger partial charge in [0.25, 0.3) is 0 Å². The zero-order valence-electron chi connectivity index (χ0n) is 16.5. The van der Waals surface area contributed by atoms with Crippen LogP contribution >= 0.6 is 0 Å². The highest BCUT2D eigenvalue weighted by atomic mass is 16.5. The van der Waals surface area contributed by atoms with E-state index in [1.807, 2.05) is 55.5 Å². The lowest BCUT2D eigenvalue weighted by molar-refractivity contribution is -0.129. The van der Waals surface area contributed by atoms with E-state index in [0.717, 1.165) is 11.3 Å². The fraction of sp³-hybridized carbons (Fsp3) is 0.364. The summed E-state index contributed by atoms with van der Waals surface area (Å²) in [5, 5.41) is 2.92. The molecule has 0 radical (unpaired) electrons. The van der Waals surface area contributed by atoms with Crippen molar-refractivity contribution in [3.8, 4) is 11.5 Å². The summed E-state index contributed by atoms with van der Waals surface area (Å²) >= 11 is 0. The number of hydrogen-bond donors (Lipinski definition) is 1. The number of carbonyl (C=O) groups excluding carboxylic acids is 2. The summed E-state index contributed by atoms with van der Waals surface area (Å²) in [5.74, 6) is 0.944. The van der Waals surface area contributed by atoms with Crippen molar-refractivity contribution in [1.29, 1.82) is 0 Å². The summed E-state index contributed by atoms with van der Waals surface area (Å²) in [6.07, 6.45) is 0.819. The molecule has 0 saturated carbocycles. The van der Waals surface area contributed by atoms with Crippen LogP contribution in [0.5, 0.6) is 11.5 Å². The first-order valence-corrected chi connectivity index (χ1v) is 9.47. The smallest absolute Gasteiger partial charge is 0.227 e. The van der Waals surface area contributed by atoms with Crippen LogP contribution in [-0.2, 0) is 9.59 Å². The quantitative estimate of drug-likeness (QED) is 0.832. The van der Waals surface area contributed by atoms with Gasteiger partial charge in [-0.15, -0.1) is 0 Å². The van der Waals surface area contributed by atoms with Gasteiger partial charge in [0, 0.05) is 24.2 Å². The molecule has 1 aliphatic heterocycles. The van der Waals surface area contributed by atoms with Gasteiger partial charge in [-0.1, -0.05) is 18.2 Å². The minimum atomic E-state index is -0.447. The molecule has 2 atom stereocenters. The van der Waals surface area contributed by atoms with Gasteiger partial charge in [-0.2, -0.15) is 0 Å². The molecule has 0 aliphatic carbocycles. The fourth-order valence-electron chi connectivity index (χ4n) is 3.79. The van der Waals surface area contributed by atoms with E-state index in [0.29, 0.717) is 30.9 Å². The average molecular weight is 382 g/mol. The van der Waals surface area contributed by atoms with Gasteiger partial charge in [0.2, 0.25) is 11.8 Å². The topological polar surface area (TPSA) is 67.9 Å². The lowest BCUT2D eigenvalue weighted by Crippen LogP contribution is -2.48. The second-order valence-electron chi connectivity index (χ2n) is 6.69. The second-order valence-corrected chi connectivity index (χ2v) is 6.69. The van der Waals surface area contributed by atoms with Crippen LogP contribution in [-0.4, -0.2) is 32.6 Å². The number of piperidine rings is 1. The third kappa shape index (κ3) is 3.81. The number of benzene rings is 2. The molecule has 2 aromatic carbocycles. The molecule has 1 fully saturated rings. The molecule has 6 nitrogen and oxygen atoms in total. The zero-order chi connectivity index (χ0) is 20.1. The van der Waals surface area contributed by atoms with Crippen molar-refractivity contribution in [3.05, 3.63) is 54.1 Å². The number of carbonyl (C=O) groups is 2. The molecule has 1 heterocycles. The Balaban J connectivity index is 2.11. The minimum absolute atomic E-state index is 0.0124. The standard InChI is InChI=1S/C22H26N2O4/c1-4-23-22(26)18-13-14-20(25)24(15-9-11-16(27-2)12-10-15)21(18)17-7-5-6-8-19(17)28-3/h5-12,18,21H,4,13-14H2,1-3H3,(H,23,26). The first kappa shape index (κ1) is 19.7. The maximum atomic E-state index is 13.0. The molecule has 28 heavy (non-hydrogen) atoms. The fourth-order valence-corrected chi connectivity index (χ4v) is 3.79. The molecule has 148 valence electrons. The van der Waals surface area contributed by atoms with Crippen LogP contribution in [0.15, 0.2) is 48.5 Å². The summed E-state index contributed by atoms with van der Waals surface area (Å²) in [6, 6.07) is 14.4. The van der Waals surface area contributed by atoms with Crippen molar-refractivity contribution in [2.45, 2.75) is 25.8 Å². The highest BCUT2D eigenvalue weighted by molar-refractivity contribution is 5.97. The second kappa shape index (κ2) is 8.78. The molecule has 0 bridgehead atoms. The average Bonchev–Trinajstić information content (AvgIpc) is 2.73. The van der Waals surface area contributed by atoms with E-state index in [1.54, 1.807) is 19.1 Å². The van der Waals surface area contributed by atoms with Gasteiger partial charge in [0.15, 0.2) is 0 Å². The van der Waals surface area contributed by atoms with Gasteiger partial charge in [-0.25, -0.2) is 0 Å². The Morgan fingerprint density at radius 1 is 1.11 bits per heavy atom. The van der Waals surface area contributed by atoms with Gasteiger partial charge in [0.05, 0.1) is 26.2 Å². The zero-order valence-corrected chi connectivity index (χ0v) is 16.5. The normalized spacial score (nSPS) is 19.2. The Morgan fingerprint density at radius 3 is 2.46 bits per heavy atom. The molecule has 1 saturated heterocycles. The largest absolute Gasteiger partial charge is 0.497 e. The molecule has 3 rings (SSSR count). The molecule has 2 amide bonds. The number of hydrogen-bond acceptors (Lipinski definition) is 4. The van der Waals surface area contributed by atoms with E-state index in [2.05, 4.69) is 5.32 Å². The van der Waals surface area contributed by atoms with Crippen LogP contribution in [0.1, 0.15) is 31.4 Å². The Kier molecular flexibility index (Phi) is 6.19. The number of para-hydroxylation sites is 1. The van der Waals surface area contributed by atoms with Crippen molar-refractivity contribution >= 4 is 17.5 Å². The monoisotopic (exact) mass is 382 g/mol. The van der Waals surface area contributed by atoms with Crippen LogP contribution < -0.4 is 19.7 Å². The van der Waals surface area contributed by atoms with Crippen LogP contribution in [0.2, 0.25) is 0 Å². The Hall–Kier alpha value is -3.02. The number of amides is 2. The Labute approximate surface area is 165 Å². The third-order valence-electron chi connectivity index (χ3n) is 5.09. The maximum absolute atomic E-state index is 13.0. The highest BCUT2D eigenvalue weighted by Crippen LogP contribution is 2.43. The van der Waals surface area contributed by atoms with Crippen molar-refractivity contribution in [1.82, 2.24) is 5.32 Å². The van der Waals surface area contributed by atoms with Gasteiger partial charge >= 0.3 is 0 Å². The van der Waals surface area contributed by atoms with Crippen LogP contribution in [0.3, 0.4) is 0 Å². The van der Waals surface area contributed by atoms with E-state index in [9.17, 15) is 9.59 Å². The molecule has 0 aromatic heterocycles. The lowest BCUT2D eigenvalue weighted by atomic mass is 9.82. The van der Waals surface area contributed by atoms with Crippen LogP contribution in [0.25, 0.3) is 0 Å². The summed E-state index contributed by atoms with van der Waals surface area (Å²) in [5.41, 5.74) is 1.56. The summed E-state index contributed by atoms with van der Waals surface area (Å²) < 4.78 is 10.8. The molecule has 6 heteroatoms. The molecule has 1 aliphatic rings. The van der Waals surface area contributed by atoms with E-state index in [4.69, 9.17) is 9.47 Å². The van der Waals surface area contributed by atoms with Crippen molar-refractivity contribution in [2.75, 3.05) is 25.7 Å². The number of anilines is 1. The number of methoxy groups -OCH3 is 2. The molecule has 0 spiro atoms. The summed E-state index contributed by atoms with van der Waals surface area (Å²) in [6.45, 7) is 2.44. The van der Waals surface area contributed by atoms with E-state index in [-0.39, 0.29) is 17.7 Å². The van der Waals surface area contributed by atoms with Crippen molar-refractivity contribution in [3.63, 3.8) is 0 Å². The SMILES string of the molecule is CCNC(=O)C1CCC(=O)N(c2ccc(OC)cc2)C1c1ccccc1OC. The number of ether oxygens (including phenoxy) is 2. The van der Waals surface area contributed by atoms with Crippen LogP contribution in [0, 0.1) is 5.92 Å². The first-order valence-electron chi connectivity index (χ1n) is 9.47. The number of nitrogens with one attached hydrogen (secondary N) is 1. The third-order valence-corrected chi connectivity index (χ3v) is 5.09. The van der Waals surface area contributed by atoms with Gasteiger partial charge < -0.3 is 19.7 Å². The maximum Gasteiger partial charge on any atom is 0.227 e. The van der Waals surface area contributed by atoms with Gasteiger partial charge in [-0.3, -0.25) is 9.59 Å². The summed E-state index contributed by atoms with van der Waals surface area (Å²) in [7, 11) is 3.20. The molecule has 2 aromatic rings. The minimum Gasteiger partial charge on any atom is -0.497 e. The highest BCUT2D eigenvalue weighted by Gasteiger charge is 2.42. The van der Waals surface area contributed by atoms with Crippen molar-refractivity contribution in [2.24, 2.45) is 5.92 Å². The predicted molar refractivity (Wildman–Crippen MR) is 108 cm³/mol. The lowest BCUT2D eigenvalue weighted by Gasteiger charge is -2.41. The summed E-state index contributed by atoms with van der Waals surface area (Å²) in [4.78, 5) is 27.6. The van der Waals surface area contributed by atoms with Crippen LogP contribution in [0.4, 0.5) is 5.69 Å². The molecule has 2 unspecified atom stereocenters.